The number of rotatable bonds is 4. The molecule has 1 aliphatic rings. The fraction of sp³-hybridized carbons (Fsp3) is 0.471. The van der Waals surface area contributed by atoms with Crippen LogP contribution in [0, 0.1) is 6.92 Å². The van der Waals surface area contributed by atoms with Gasteiger partial charge in [0.05, 0.1) is 0 Å². The summed E-state index contributed by atoms with van der Waals surface area (Å²) in [5, 5.41) is 7.00. The Labute approximate surface area is 135 Å². The first kappa shape index (κ1) is 15.5. The molecule has 1 atom stereocenters. The van der Waals surface area contributed by atoms with Crippen LogP contribution in [0.25, 0.3) is 11.4 Å². The van der Waals surface area contributed by atoms with Gasteiger partial charge in [0.15, 0.2) is 0 Å². The molecule has 0 bridgehead atoms. The number of likely N-dealkylation sites (tertiary alicyclic amines) is 1. The number of nitrogens with zero attached hydrogens (tertiary/aromatic N) is 3. The average Bonchev–Trinajstić information content (AvgIpc) is 3.21. The second-order valence-electron chi connectivity index (χ2n) is 5.91. The predicted molar refractivity (Wildman–Crippen MR) is 86.8 cm³/mol. The molecule has 1 N–H and O–H groups in total. The van der Waals surface area contributed by atoms with E-state index in [0.717, 1.165) is 36.9 Å². The molecule has 23 heavy (non-hydrogen) atoms. The molecule has 1 unspecified atom stereocenters. The molecule has 1 aromatic heterocycles. The number of carbonyl (C=O) groups excluding carboxylic acids is 1. The van der Waals surface area contributed by atoms with Crippen molar-refractivity contribution in [2.75, 3.05) is 13.1 Å². The van der Waals surface area contributed by atoms with Crippen LogP contribution < -0.4 is 5.32 Å². The van der Waals surface area contributed by atoms with Gasteiger partial charge in [-0.05, 0) is 32.3 Å². The maximum absolute atomic E-state index is 12.2. The summed E-state index contributed by atoms with van der Waals surface area (Å²) >= 11 is 0. The van der Waals surface area contributed by atoms with Crippen molar-refractivity contribution < 1.29 is 9.32 Å². The van der Waals surface area contributed by atoms with Crippen LogP contribution in [0.4, 0.5) is 4.79 Å². The van der Waals surface area contributed by atoms with Crippen molar-refractivity contribution >= 4 is 6.03 Å². The highest BCUT2D eigenvalue weighted by atomic mass is 16.5. The van der Waals surface area contributed by atoms with Crippen LogP contribution in [0.1, 0.15) is 43.7 Å². The minimum absolute atomic E-state index is 0.0512. The van der Waals surface area contributed by atoms with Crippen LogP contribution in [-0.2, 0) is 0 Å². The molecule has 2 amide bonds. The van der Waals surface area contributed by atoms with Crippen LogP contribution in [0.3, 0.4) is 0 Å². The molecule has 2 aromatic rings. The molecule has 1 saturated heterocycles. The SMILES string of the molecule is CCCNC(=O)N1CCCC1c1nc(-c2cccc(C)c2)no1. The Morgan fingerprint density at radius 1 is 1.48 bits per heavy atom. The molecule has 1 aromatic carbocycles. The first-order valence-electron chi connectivity index (χ1n) is 8.14. The Morgan fingerprint density at radius 2 is 2.35 bits per heavy atom. The molecule has 0 aliphatic carbocycles. The van der Waals surface area contributed by atoms with Crippen molar-refractivity contribution in [1.82, 2.24) is 20.4 Å². The van der Waals surface area contributed by atoms with E-state index < -0.39 is 0 Å². The second-order valence-corrected chi connectivity index (χ2v) is 5.91. The number of aryl methyl sites for hydroxylation is 1. The van der Waals surface area contributed by atoms with Gasteiger partial charge in [0, 0.05) is 18.7 Å². The normalized spacial score (nSPS) is 17.5. The molecule has 6 nitrogen and oxygen atoms in total. The number of aromatic nitrogens is 2. The van der Waals surface area contributed by atoms with Gasteiger partial charge in [-0.3, -0.25) is 0 Å². The Bertz CT molecular complexity index is 683. The van der Waals surface area contributed by atoms with Crippen LogP contribution in [-0.4, -0.2) is 34.2 Å². The van der Waals surface area contributed by atoms with Crippen molar-refractivity contribution in [2.24, 2.45) is 0 Å². The van der Waals surface area contributed by atoms with E-state index in [2.05, 4.69) is 15.5 Å². The smallest absolute Gasteiger partial charge is 0.318 e. The van der Waals surface area contributed by atoms with Gasteiger partial charge in [-0.25, -0.2) is 4.79 Å². The summed E-state index contributed by atoms with van der Waals surface area (Å²) in [5.74, 6) is 1.09. The Hall–Kier alpha value is -2.37. The summed E-state index contributed by atoms with van der Waals surface area (Å²) in [7, 11) is 0. The number of hydrogen-bond acceptors (Lipinski definition) is 4. The topological polar surface area (TPSA) is 71.3 Å². The maximum atomic E-state index is 12.2. The van der Waals surface area contributed by atoms with E-state index in [4.69, 9.17) is 4.52 Å². The minimum Gasteiger partial charge on any atom is -0.338 e. The number of nitrogens with one attached hydrogen (secondary N) is 1. The molecular weight excluding hydrogens is 292 g/mol. The van der Waals surface area contributed by atoms with Crippen molar-refractivity contribution in [3.8, 4) is 11.4 Å². The monoisotopic (exact) mass is 314 g/mol. The third kappa shape index (κ3) is 3.36. The van der Waals surface area contributed by atoms with Gasteiger partial charge < -0.3 is 14.7 Å². The lowest BCUT2D eigenvalue weighted by molar-refractivity contribution is 0.180. The van der Waals surface area contributed by atoms with Crippen molar-refractivity contribution in [1.29, 1.82) is 0 Å². The van der Waals surface area contributed by atoms with E-state index in [-0.39, 0.29) is 12.1 Å². The fourth-order valence-corrected chi connectivity index (χ4v) is 2.87. The highest BCUT2D eigenvalue weighted by Crippen LogP contribution is 2.32. The summed E-state index contributed by atoms with van der Waals surface area (Å²) in [5.41, 5.74) is 2.08. The van der Waals surface area contributed by atoms with E-state index >= 15 is 0 Å². The van der Waals surface area contributed by atoms with Crippen molar-refractivity contribution in [2.45, 2.75) is 39.2 Å². The molecule has 0 saturated carbocycles. The van der Waals surface area contributed by atoms with Gasteiger partial charge in [0.1, 0.15) is 6.04 Å². The molecule has 6 heteroatoms. The molecule has 3 rings (SSSR count). The zero-order valence-electron chi connectivity index (χ0n) is 13.6. The lowest BCUT2D eigenvalue weighted by atomic mass is 10.1. The second kappa shape index (κ2) is 6.81. The number of carbonyl (C=O) groups is 1. The lowest BCUT2D eigenvalue weighted by Gasteiger charge is -2.22. The van der Waals surface area contributed by atoms with E-state index in [1.165, 1.54) is 0 Å². The van der Waals surface area contributed by atoms with E-state index in [0.29, 0.717) is 18.3 Å². The fourth-order valence-electron chi connectivity index (χ4n) is 2.87. The summed E-state index contributed by atoms with van der Waals surface area (Å²) < 4.78 is 5.44. The molecular formula is C17H22N4O2. The summed E-state index contributed by atoms with van der Waals surface area (Å²) in [6.07, 6.45) is 2.73. The summed E-state index contributed by atoms with van der Waals surface area (Å²) in [6.45, 7) is 5.47. The molecule has 1 fully saturated rings. The third-order valence-corrected chi connectivity index (χ3v) is 4.04. The highest BCUT2D eigenvalue weighted by molar-refractivity contribution is 5.74. The molecule has 2 heterocycles. The maximum Gasteiger partial charge on any atom is 0.318 e. The molecule has 0 spiro atoms. The van der Waals surface area contributed by atoms with E-state index in [1.54, 1.807) is 4.90 Å². The summed E-state index contributed by atoms with van der Waals surface area (Å²) in [4.78, 5) is 18.5. The number of hydrogen-bond donors (Lipinski definition) is 1. The third-order valence-electron chi connectivity index (χ3n) is 4.04. The Balaban J connectivity index is 1.78. The molecule has 1 aliphatic heterocycles. The lowest BCUT2D eigenvalue weighted by Crippen LogP contribution is -2.39. The van der Waals surface area contributed by atoms with Crippen molar-refractivity contribution in [3.63, 3.8) is 0 Å². The van der Waals surface area contributed by atoms with Crippen LogP contribution in [0.5, 0.6) is 0 Å². The van der Waals surface area contributed by atoms with Gasteiger partial charge in [0.2, 0.25) is 11.7 Å². The molecule has 122 valence electrons. The van der Waals surface area contributed by atoms with Crippen LogP contribution in [0.15, 0.2) is 28.8 Å². The molecule has 0 radical (unpaired) electrons. The zero-order chi connectivity index (χ0) is 16.2. The minimum atomic E-state index is -0.127. The quantitative estimate of drug-likeness (QED) is 0.940. The Morgan fingerprint density at radius 3 is 3.13 bits per heavy atom. The van der Waals surface area contributed by atoms with Gasteiger partial charge in [-0.15, -0.1) is 0 Å². The van der Waals surface area contributed by atoms with Crippen LogP contribution in [0.2, 0.25) is 0 Å². The first-order valence-corrected chi connectivity index (χ1v) is 8.14. The van der Waals surface area contributed by atoms with Crippen molar-refractivity contribution in [3.05, 3.63) is 35.7 Å². The van der Waals surface area contributed by atoms with Gasteiger partial charge in [-0.2, -0.15) is 4.98 Å². The predicted octanol–water partition coefficient (Wildman–Crippen LogP) is 3.30. The van der Waals surface area contributed by atoms with Gasteiger partial charge >= 0.3 is 6.03 Å². The highest BCUT2D eigenvalue weighted by Gasteiger charge is 2.34. The van der Waals surface area contributed by atoms with Crippen LogP contribution >= 0.6 is 0 Å². The number of benzene rings is 1. The Kier molecular flexibility index (Phi) is 4.60. The van der Waals surface area contributed by atoms with Gasteiger partial charge in [0.25, 0.3) is 0 Å². The number of urea groups is 1. The number of amides is 2. The average molecular weight is 314 g/mol. The van der Waals surface area contributed by atoms with Gasteiger partial charge in [-0.1, -0.05) is 35.8 Å². The largest absolute Gasteiger partial charge is 0.338 e. The summed E-state index contributed by atoms with van der Waals surface area (Å²) in [6, 6.07) is 7.81. The standard InChI is InChI=1S/C17H22N4O2/c1-3-9-18-17(22)21-10-5-8-14(21)16-19-15(20-23-16)13-7-4-6-12(2)11-13/h4,6-7,11,14H,3,5,8-10H2,1-2H3,(H,18,22). The van der Waals surface area contributed by atoms with E-state index in [9.17, 15) is 4.79 Å². The first-order chi connectivity index (χ1) is 11.2. The van der Waals surface area contributed by atoms with E-state index in [1.807, 2.05) is 38.1 Å². The zero-order valence-corrected chi connectivity index (χ0v) is 13.6.